The van der Waals surface area contributed by atoms with Crippen molar-refractivity contribution in [3.8, 4) is 0 Å². The van der Waals surface area contributed by atoms with Gasteiger partial charge in [0.25, 0.3) is 0 Å². The van der Waals surface area contributed by atoms with Crippen molar-refractivity contribution in [3.05, 3.63) is 0 Å². The van der Waals surface area contributed by atoms with Gasteiger partial charge in [0.05, 0.1) is 12.1 Å². The van der Waals surface area contributed by atoms with Gasteiger partial charge in [0.15, 0.2) is 0 Å². The van der Waals surface area contributed by atoms with Gasteiger partial charge in [0.1, 0.15) is 6.29 Å². The molecular formula is C11H20N2O2. The molecule has 4 nitrogen and oxygen atoms in total. The van der Waals surface area contributed by atoms with Gasteiger partial charge in [-0.2, -0.15) is 0 Å². The summed E-state index contributed by atoms with van der Waals surface area (Å²) in [6.07, 6.45) is 2.51. The second kappa shape index (κ2) is 4.31. The number of hydrogen-bond donors (Lipinski definition) is 1. The van der Waals surface area contributed by atoms with Crippen molar-refractivity contribution in [1.29, 1.82) is 0 Å². The Balaban J connectivity index is 2.72. The van der Waals surface area contributed by atoms with Gasteiger partial charge in [0.2, 0.25) is 5.91 Å². The summed E-state index contributed by atoms with van der Waals surface area (Å²) in [5, 5.41) is 0. The van der Waals surface area contributed by atoms with Crippen LogP contribution in [0.5, 0.6) is 0 Å². The van der Waals surface area contributed by atoms with Crippen molar-refractivity contribution >= 4 is 12.2 Å². The Morgan fingerprint density at radius 2 is 2.13 bits per heavy atom. The summed E-state index contributed by atoms with van der Waals surface area (Å²) in [7, 11) is 0. The third-order valence-corrected chi connectivity index (χ3v) is 2.94. The van der Waals surface area contributed by atoms with E-state index in [1.165, 1.54) is 0 Å². The molecule has 4 heteroatoms. The zero-order chi connectivity index (χ0) is 11.6. The molecule has 1 aliphatic heterocycles. The zero-order valence-corrected chi connectivity index (χ0v) is 9.69. The van der Waals surface area contributed by atoms with Gasteiger partial charge >= 0.3 is 0 Å². The highest BCUT2D eigenvalue weighted by Crippen LogP contribution is 2.23. The molecule has 2 unspecified atom stereocenters. The standard InChI is InChI=1S/C11H20N2O2/c1-11(2,3)9(12)10(15)13-6-4-5-8(13)7-14/h7-9H,4-6,12H2,1-3H3. The Morgan fingerprint density at radius 3 is 2.60 bits per heavy atom. The van der Waals surface area contributed by atoms with E-state index in [4.69, 9.17) is 5.73 Å². The van der Waals surface area contributed by atoms with Gasteiger partial charge in [0, 0.05) is 6.54 Å². The van der Waals surface area contributed by atoms with Crippen molar-refractivity contribution in [2.75, 3.05) is 6.54 Å². The average Bonchev–Trinajstić information content (AvgIpc) is 2.61. The van der Waals surface area contributed by atoms with Crippen LogP contribution in [0.1, 0.15) is 33.6 Å². The fourth-order valence-electron chi connectivity index (χ4n) is 1.76. The molecule has 15 heavy (non-hydrogen) atoms. The topological polar surface area (TPSA) is 63.4 Å². The van der Waals surface area contributed by atoms with Crippen LogP contribution in [0.25, 0.3) is 0 Å². The summed E-state index contributed by atoms with van der Waals surface area (Å²) in [5.74, 6) is -0.0999. The van der Waals surface area contributed by atoms with Crippen LogP contribution in [-0.2, 0) is 9.59 Å². The maximum absolute atomic E-state index is 12.0. The summed E-state index contributed by atoms with van der Waals surface area (Å²) in [6.45, 7) is 6.46. The number of nitrogens with zero attached hydrogens (tertiary/aromatic N) is 1. The lowest BCUT2D eigenvalue weighted by molar-refractivity contribution is -0.137. The molecule has 0 bridgehead atoms. The number of rotatable bonds is 2. The van der Waals surface area contributed by atoms with Crippen LogP contribution in [0.15, 0.2) is 0 Å². The zero-order valence-electron chi connectivity index (χ0n) is 9.69. The van der Waals surface area contributed by atoms with Crippen LogP contribution in [0.3, 0.4) is 0 Å². The predicted molar refractivity (Wildman–Crippen MR) is 58.2 cm³/mol. The van der Waals surface area contributed by atoms with Gasteiger partial charge in [-0.1, -0.05) is 20.8 Å². The molecule has 1 saturated heterocycles. The maximum Gasteiger partial charge on any atom is 0.240 e. The molecule has 1 fully saturated rings. The fourth-order valence-corrected chi connectivity index (χ4v) is 1.76. The maximum atomic E-state index is 12.0. The van der Waals surface area contributed by atoms with Crippen LogP contribution in [0.4, 0.5) is 0 Å². The van der Waals surface area contributed by atoms with Gasteiger partial charge in [-0.05, 0) is 18.3 Å². The largest absolute Gasteiger partial charge is 0.332 e. The molecule has 0 spiro atoms. The number of hydrogen-bond acceptors (Lipinski definition) is 3. The quantitative estimate of drug-likeness (QED) is 0.680. The van der Waals surface area contributed by atoms with E-state index >= 15 is 0 Å². The summed E-state index contributed by atoms with van der Waals surface area (Å²) in [4.78, 5) is 24.4. The van der Waals surface area contributed by atoms with E-state index in [9.17, 15) is 9.59 Å². The van der Waals surface area contributed by atoms with Gasteiger partial charge in [-0.3, -0.25) is 4.79 Å². The molecule has 1 amide bonds. The lowest BCUT2D eigenvalue weighted by Gasteiger charge is -2.31. The van der Waals surface area contributed by atoms with Crippen molar-refractivity contribution in [2.45, 2.75) is 45.7 Å². The number of aldehydes is 1. The molecule has 1 rings (SSSR count). The highest BCUT2D eigenvalue weighted by molar-refractivity contribution is 5.85. The molecule has 0 aromatic carbocycles. The number of amides is 1. The third-order valence-electron chi connectivity index (χ3n) is 2.94. The Kier molecular flexibility index (Phi) is 3.50. The van der Waals surface area contributed by atoms with Crippen molar-refractivity contribution < 1.29 is 9.59 Å². The number of nitrogens with two attached hydrogens (primary N) is 1. The summed E-state index contributed by atoms with van der Waals surface area (Å²) < 4.78 is 0. The average molecular weight is 212 g/mol. The lowest BCUT2D eigenvalue weighted by Crippen LogP contribution is -2.52. The van der Waals surface area contributed by atoms with Crippen LogP contribution in [0, 0.1) is 5.41 Å². The van der Waals surface area contributed by atoms with Crippen molar-refractivity contribution in [2.24, 2.45) is 11.1 Å². The van der Waals surface area contributed by atoms with E-state index in [1.54, 1.807) is 4.90 Å². The summed E-state index contributed by atoms with van der Waals surface area (Å²) in [5.41, 5.74) is 5.63. The van der Waals surface area contributed by atoms with E-state index < -0.39 is 6.04 Å². The highest BCUT2D eigenvalue weighted by Gasteiger charge is 2.36. The summed E-state index contributed by atoms with van der Waals surface area (Å²) in [6, 6.07) is -0.788. The normalized spacial score (nSPS) is 24.0. The van der Waals surface area contributed by atoms with E-state index in [0.717, 1.165) is 19.1 Å². The monoisotopic (exact) mass is 212 g/mol. The first-order valence-electron chi connectivity index (χ1n) is 5.39. The number of carbonyl (C=O) groups excluding carboxylic acids is 2. The first kappa shape index (κ1) is 12.2. The summed E-state index contributed by atoms with van der Waals surface area (Å²) >= 11 is 0. The molecule has 0 aromatic heterocycles. The minimum absolute atomic E-state index is 0.0999. The third kappa shape index (κ3) is 2.56. The van der Waals surface area contributed by atoms with E-state index in [2.05, 4.69) is 0 Å². The smallest absolute Gasteiger partial charge is 0.240 e. The number of likely N-dealkylation sites (tertiary alicyclic amines) is 1. The minimum atomic E-state index is -0.530. The first-order chi connectivity index (χ1) is 6.88. The second-order valence-corrected chi connectivity index (χ2v) is 5.22. The van der Waals surface area contributed by atoms with Gasteiger partial charge < -0.3 is 15.4 Å². The Bertz CT molecular complexity index is 258. The molecule has 86 valence electrons. The fraction of sp³-hybridized carbons (Fsp3) is 0.818. The highest BCUT2D eigenvalue weighted by atomic mass is 16.2. The van der Waals surface area contributed by atoms with Crippen molar-refractivity contribution in [1.82, 2.24) is 4.90 Å². The molecule has 0 aromatic rings. The molecule has 1 aliphatic rings. The van der Waals surface area contributed by atoms with Gasteiger partial charge in [-0.15, -0.1) is 0 Å². The Hall–Kier alpha value is -0.900. The van der Waals surface area contributed by atoms with Crippen LogP contribution >= 0.6 is 0 Å². The van der Waals surface area contributed by atoms with Gasteiger partial charge in [-0.25, -0.2) is 0 Å². The minimum Gasteiger partial charge on any atom is -0.332 e. The van der Waals surface area contributed by atoms with Crippen LogP contribution in [0.2, 0.25) is 0 Å². The van der Waals surface area contributed by atoms with E-state index in [0.29, 0.717) is 6.54 Å². The molecule has 0 saturated carbocycles. The molecular weight excluding hydrogens is 192 g/mol. The first-order valence-corrected chi connectivity index (χ1v) is 5.39. The van der Waals surface area contributed by atoms with Crippen LogP contribution in [-0.4, -0.2) is 35.7 Å². The van der Waals surface area contributed by atoms with E-state index in [1.807, 2.05) is 20.8 Å². The molecule has 2 atom stereocenters. The molecule has 2 N–H and O–H groups in total. The predicted octanol–water partition coefficient (Wildman–Crippen LogP) is 0.550. The molecule has 1 heterocycles. The second-order valence-electron chi connectivity index (χ2n) is 5.22. The Morgan fingerprint density at radius 1 is 1.53 bits per heavy atom. The molecule has 0 aliphatic carbocycles. The number of carbonyl (C=O) groups is 2. The SMILES string of the molecule is CC(C)(C)C(N)C(=O)N1CCCC1C=O. The van der Waals surface area contributed by atoms with E-state index in [-0.39, 0.29) is 17.4 Å². The lowest BCUT2D eigenvalue weighted by atomic mass is 9.86. The Labute approximate surface area is 90.8 Å². The van der Waals surface area contributed by atoms with Crippen LogP contribution < -0.4 is 5.73 Å². The molecule has 0 radical (unpaired) electrons. The van der Waals surface area contributed by atoms with Crippen molar-refractivity contribution in [3.63, 3.8) is 0 Å².